The van der Waals surface area contributed by atoms with Crippen molar-refractivity contribution in [2.45, 2.75) is 19.3 Å². The fourth-order valence-electron chi connectivity index (χ4n) is 7.68. The highest BCUT2D eigenvalue weighted by atomic mass is 15.1. The Labute approximate surface area is 270 Å². The van der Waals surface area contributed by atoms with E-state index in [1.54, 1.807) is 0 Å². The van der Waals surface area contributed by atoms with Crippen molar-refractivity contribution in [3.05, 3.63) is 175 Å². The Balaban J connectivity index is 1.33. The molecule has 0 radical (unpaired) electrons. The van der Waals surface area contributed by atoms with Gasteiger partial charge in [-0.1, -0.05) is 141 Å². The third-order valence-electron chi connectivity index (χ3n) is 10.0. The number of nitrogens with zero attached hydrogens (tertiary/aromatic N) is 1. The van der Waals surface area contributed by atoms with E-state index in [0.29, 0.717) is 0 Å². The molecule has 0 amide bonds. The van der Waals surface area contributed by atoms with Gasteiger partial charge in [0.1, 0.15) is 0 Å². The van der Waals surface area contributed by atoms with Crippen LogP contribution in [-0.2, 0) is 5.41 Å². The molecule has 1 aliphatic rings. The van der Waals surface area contributed by atoms with Crippen molar-refractivity contribution in [1.82, 2.24) is 0 Å². The fourth-order valence-corrected chi connectivity index (χ4v) is 7.68. The van der Waals surface area contributed by atoms with Crippen molar-refractivity contribution in [1.29, 1.82) is 0 Å². The van der Waals surface area contributed by atoms with Gasteiger partial charge in [0.2, 0.25) is 0 Å². The number of para-hydroxylation sites is 1. The van der Waals surface area contributed by atoms with Crippen LogP contribution in [0.15, 0.2) is 164 Å². The molecule has 1 aliphatic carbocycles. The molecule has 46 heavy (non-hydrogen) atoms. The monoisotopic (exact) mass is 587 g/mol. The molecule has 8 aromatic rings. The highest BCUT2D eigenvalue weighted by Gasteiger charge is 2.39. The van der Waals surface area contributed by atoms with Crippen LogP contribution in [0.1, 0.15) is 25.0 Å². The number of benzene rings is 8. The van der Waals surface area contributed by atoms with E-state index >= 15 is 0 Å². The number of fused-ring (bicyclic) bond motifs is 7. The van der Waals surface area contributed by atoms with Gasteiger partial charge >= 0.3 is 0 Å². The molecular formula is C45H33N. The average Bonchev–Trinajstić information content (AvgIpc) is 3.34. The molecule has 0 aromatic heterocycles. The lowest BCUT2D eigenvalue weighted by molar-refractivity contribution is 0.661. The fraction of sp³-hybridized carbons (Fsp3) is 0.0667. The van der Waals surface area contributed by atoms with Crippen LogP contribution in [0.4, 0.5) is 17.1 Å². The van der Waals surface area contributed by atoms with Gasteiger partial charge in [-0.3, -0.25) is 0 Å². The summed E-state index contributed by atoms with van der Waals surface area (Å²) in [5.41, 5.74) is 11.2. The topological polar surface area (TPSA) is 3.24 Å². The second-order valence-electron chi connectivity index (χ2n) is 13.0. The lowest BCUT2D eigenvalue weighted by Crippen LogP contribution is -2.16. The van der Waals surface area contributed by atoms with Gasteiger partial charge in [-0.15, -0.1) is 0 Å². The zero-order valence-corrected chi connectivity index (χ0v) is 26.0. The minimum absolute atomic E-state index is 0.131. The van der Waals surface area contributed by atoms with Gasteiger partial charge in [-0.25, -0.2) is 0 Å². The first-order chi connectivity index (χ1) is 22.6. The summed E-state index contributed by atoms with van der Waals surface area (Å²) in [7, 11) is 0. The largest absolute Gasteiger partial charge is 0.309 e. The summed E-state index contributed by atoms with van der Waals surface area (Å²) in [6.45, 7) is 4.76. The van der Waals surface area contributed by atoms with E-state index in [0.717, 1.165) is 11.4 Å². The summed E-state index contributed by atoms with van der Waals surface area (Å²) in [5.74, 6) is 0. The number of anilines is 3. The first-order valence-corrected chi connectivity index (χ1v) is 16.1. The SMILES string of the molecule is CC1(C)c2ccccc2-c2c1cc1c(ccc3ccccc31)c2N(c1ccccc1)c1ccc(-c2ccc3ccccc3c2)cc1. The van der Waals surface area contributed by atoms with Gasteiger partial charge in [0.15, 0.2) is 0 Å². The standard InChI is InChI=1S/C45H33N/c1-45(2)41-19-11-10-18-39(41)43-42(45)29-40-37-17-9-8-13-32(37)24-27-38(40)44(43)46(35-15-4-3-5-16-35)36-25-22-31(23-26-36)34-21-20-30-12-6-7-14-33(30)28-34/h3-29H,1-2H3. The summed E-state index contributed by atoms with van der Waals surface area (Å²) in [5, 5.41) is 7.62. The highest BCUT2D eigenvalue weighted by Crippen LogP contribution is 2.57. The number of hydrogen-bond donors (Lipinski definition) is 0. The molecule has 9 rings (SSSR count). The molecule has 0 saturated carbocycles. The van der Waals surface area contributed by atoms with Gasteiger partial charge in [0.25, 0.3) is 0 Å². The van der Waals surface area contributed by atoms with Crippen LogP contribution in [0.5, 0.6) is 0 Å². The van der Waals surface area contributed by atoms with Gasteiger partial charge in [0, 0.05) is 27.7 Å². The van der Waals surface area contributed by atoms with E-state index in [1.807, 2.05) is 0 Å². The summed E-state index contributed by atoms with van der Waals surface area (Å²) in [6.07, 6.45) is 0. The minimum Gasteiger partial charge on any atom is -0.309 e. The normalized spacial score (nSPS) is 13.2. The van der Waals surface area contributed by atoms with Gasteiger partial charge in [-0.05, 0) is 91.1 Å². The molecule has 0 fully saturated rings. The van der Waals surface area contributed by atoms with E-state index in [-0.39, 0.29) is 5.41 Å². The van der Waals surface area contributed by atoms with Crippen LogP contribution in [0.3, 0.4) is 0 Å². The molecule has 0 bridgehead atoms. The predicted octanol–water partition coefficient (Wildman–Crippen LogP) is 12.6. The average molecular weight is 588 g/mol. The molecule has 0 heterocycles. The summed E-state index contributed by atoms with van der Waals surface area (Å²) >= 11 is 0. The van der Waals surface area contributed by atoms with E-state index in [4.69, 9.17) is 0 Å². The van der Waals surface area contributed by atoms with E-state index in [2.05, 4.69) is 183 Å². The van der Waals surface area contributed by atoms with Crippen LogP contribution in [0, 0.1) is 0 Å². The summed E-state index contributed by atoms with van der Waals surface area (Å²) < 4.78 is 0. The third kappa shape index (κ3) is 4.02. The Morgan fingerprint density at radius 3 is 1.87 bits per heavy atom. The van der Waals surface area contributed by atoms with Crippen molar-refractivity contribution in [2.75, 3.05) is 4.90 Å². The van der Waals surface area contributed by atoms with Gasteiger partial charge in [-0.2, -0.15) is 0 Å². The molecule has 0 saturated heterocycles. The van der Waals surface area contributed by atoms with Crippen LogP contribution in [-0.4, -0.2) is 0 Å². The van der Waals surface area contributed by atoms with Crippen molar-refractivity contribution in [3.8, 4) is 22.3 Å². The first-order valence-electron chi connectivity index (χ1n) is 16.1. The summed E-state index contributed by atoms with van der Waals surface area (Å²) in [4.78, 5) is 2.48. The molecule has 0 atom stereocenters. The lowest BCUT2D eigenvalue weighted by Gasteiger charge is -2.31. The van der Waals surface area contributed by atoms with Crippen LogP contribution in [0.25, 0.3) is 54.6 Å². The summed E-state index contributed by atoms with van der Waals surface area (Å²) in [6, 6.07) is 60.2. The van der Waals surface area contributed by atoms with Crippen LogP contribution >= 0.6 is 0 Å². The van der Waals surface area contributed by atoms with Gasteiger partial charge < -0.3 is 4.90 Å². The number of rotatable bonds is 4. The zero-order valence-electron chi connectivity index (χ0n) is 26.0. The van der Waals surface area contributed by atoms with E-state index in [9.17, 15) is 0 Å². The van der Waals surface area contributed by atoms with Crippen LogP contribution in [0.2, 0.25) is 0 Å². The Kier molecular flexibility index (Phi) is 5.92. The second kappa shape index (κ2) is 10.2. The van der Waals surface area contributed by atoms with Crippen molar-refractivity contribution in [3.63, 3.8) is 0 Å². The predicted molar refractivity (Wildman–Crippen MR) is 197 cm³/mol. The first kappa shape index (κ1) is 26.7. The zero-order chi connectivity index (χ0) is 30.8. The maximum absolute atomic E-state index is 2.48. The second-order valence-corrected chi connectivity index (χ2v) is 13.0. The minimum atomic E-state index is -0.131. The Bertz CT molecular complexity index is 2430. The van der Waals surface area contributed by atoms with Crippen molar-refractivity contribution < 1.29 is 0 Å². The van der Waals surface area contributed by atoms with Gasteiger partial charge in [0.05, 0.1) is 5.69 Å². The maximum atomic E-state index is 2.48. The molecular weight excluding hydrogens is 555 g/mol. The Morgan fingerprint density at radius 1 is 0.413 bits per heavy atom. The Morgan fingerprint density at radius 2 is 1.04 bits per heavy atom. The molecule has 8 aromatic carbocycles. The van der Waals surface area contributed by atoms with E-state index < -0.39 is 0 Å². The molecule has 0 spiro atoms. The third-order valence-corrected chi connectivity index (χ3v) is 10.0. The molecule has 218 valence electrons. The number of hydrogen-bond acceptors (Lipinski definition) is 1. The quantitative estimate of drug-likeness (QED) is 0.185. The van der Waals surface area contributed by atoms with E-state index in [1.165, 1.54) is 71.4 Å². The molecule has 0 aliphatic heterocycles. The molecule has 0 unspecified atom stereocenters. The Hall–Kier alpha value is -5.66. The maximum Gasteiger partial charge on any atom is 0.0621 e. The van der Waals surface area contributed by atoms with Crippen LogP contribution < -0.4 is 4.90 Å². The smallest absolute Gasteiger partial charge is 0.0621 e. The van der Waals surface area contributed by atoms with Crippen molar-refractivity contribution >= 4 is 49.4 Å². The lowest BCUT2D eigenvalue weighted by atomic mass is 9.81. The molecule has 1 heteroatoms. The molecule has 0 N–H and O–H groups in total. The highest BCUT2D eigenvalue weighted by molar-refractivity contribution is 6.17. The van der Waals surface area contributed by atoms with Crippen molar-refractivity contribution in [2.24, 2.45) is 0 Å². The molecule has 1 nitrogen and oxygen atoms in total.